The molecular formula is C9H17NO. The van der Waals surface area contributed by atoms with Crippen molar-refractivity contribution in [2.45, 2.75) is 31.7 Å². The summed E-state index contributed by atoms with van der Waals surface area (Å²) in [6, 6.07) is 0.818. The standard InChI is InChI=1S/C9H17NO/c1-2-9(10-5-1)8-3-6-11-7-4-8/h8-10H,1-7H2/t9-/m0/s1. The van der Waals surface area contributed by atoms with E-state index in [1.165, 1.54) is 32.2 Å². The van der Waals surface area contributed by atoms with Gasteiger partial charge in [-0.1, -0.05) is 0 Å². The molecule has 1 atom stereocenters. The van der Waals surface area contributed by atoms with E-state index in [0.29, 0.717) is 0 Å². The summed E-state index contributed by atoms with van der Waals surface area (Å²) in [6.07, 6.45) is 5.32. The fraction of sp³-hybridized carbons (Fsp3) is 1.00. The lowest BCUT2D eigenvalue weighted by Crippen LogP contribution is -2.34. The summed E-state index contributed by atoms with van der Waals surface area (Å²) in [5.74, 6) is 0.909. The van der Waals surface area contributed by atoms with E-state index in [4.69, 9.17) is 4.74 Å². The van der Waals surface area contributed by atoms with Crippen LogP contribution in [0.3, 0.4) is 0 Å². The third kappa shape index (κ3) is 1.74. The molecule has 0 spiro atoms. The zero-order valence-corrected chi connectivity index (χ0v) is 7.01. The van der Waals surface area contributed by atoms with E-state index in [0.717, 1.165) is 25.2 Å². The Morgan fingerprint density at radius 2 is 1.91 bits per heavy atom. The predicted molar refractivity (Wildman–Crippen MR) is 44.6 cm³/mol. The second kappa shape index (κ2) is 3.55. The number of ether oxygens (including phenoxy) is 1. The molecule has 0 aromatic heterocycles. The van der Waals surface area contributed by atoms with E-state index >= 15 is 0 Å². The molecule has 11 heavy (non-hydrogen) atoms. The van der Waals surface area contributed by atoms with Gasteiger partial charge in [0.1, 0.15) is 0 Å². The zero-order chi connectivity index (χ0) is 7.52. The van der Waals surface area contributed by atoms with Crippen molar-refractivity contribution in [1.29, 1.82) is 0 Å². The van der Waals surface area contributed by atoms with Crippen LogP contribution in [-0.4, -0.2) is 25.8 Å². The summed E-state index contributed by atoms with van der Waals surface area (Å²) < 4.78 is 5.33. The summed E-state index contributed by atoms with van der Waals surface area (Å²) in [7, 11) is 0. The minimum Gasteiger partial charge on any atom is -0.381 e. The maximum Gasteiger partial charge on any atom is 0.0469 e. The second-order valence-electron chi connectivity index (χ2n) is 3.65. The first kappa shape index (κ1) is 7.56. The van der Waals surface area contributed by atoms with E-state index in [-0.39, 0.29) is 0 Å². The van der Waals surface area contributed by atoms with Crippen LogP contribution in [0.1, 0.15) is 25.7 Å². The minimum absolute atomic E-state index is 0.818. The second-order valence-corrected chi connectivity index (χ2v) is 3.65. The maximum atomic E-state index is 5.33. The van der Waals surface area contributed by atoms with Crippen molar-refractivity contribution >= 4 is 0 Å². The van der Waals surface area contributed by atoms with Crippen LogP contribution in [0.15, 0.2) is 0 Å². The van der Waals surface area contributed by atoms with Crippen LogP contribution in [-0.2, 0) is 4.74 Å². The molecule has 0 amide bonds. The molecule has 2 fully saturated rings. The van der Waals surface area contributed by atoms with Crippen molar-refractivity contribution in [1.82, 2.24) is 5.32 Å². The average molecular weight is 155 g/mol. The Morgan fingerprint density at radius 3 is 2.55 bits per heavy atom. The number of hydrogen-bond acceptors (Lipinski definition) is 2. The molecule has 2 nitrogen and oxygen atoms in total. The van der Waals surface area contributed by atoms with E-state index in [1.54, 1.807) is 0 Å². The first-order valence-corrected chi connectivity index (χ1v) is 4.78. The van der Waals surface area contributed by atoms with Gasteiger partial charge in [-0.3, -0.25) is 0 Å². The fourth-order valence-electron chi connectivity index (χ4n) is 2.23. The Morgan fingerprint density at radius 1 is 1.09 bits per heavy atom. The minimum atomic E-state index is 0.818. The highest BCUT2D eigenvalue weighted by Crippen LogP contribution is 2.23. The van der Waals surface area contributed by atoms with Crippen LogP contribution in [0.5, 0.6) is 0 Å². The molecule has 0 saturated carbocycles. The Balaban J connectivity index is 1.82. The Labute approximate surface area is 68.3 Å². The molecule has 2 aliphatic heterocycles. The normalized spacial score (nSPS) is 34.4. The Bertz CT molecular complexity index is 115. The van der Waals surface area contributed by atoms with Gasteiger partial charge in [-0.15, -0.1) is 0 Å². The van der Waals surface area contributed by atoms with Gasteiger partial charge in [-0.2, -0.15) is 0 Å². The molecule has 0 aromatic rings. The monoisotopic (exact) mass is 155 g/mol. The number of nitrogens with one attached hydrogen (secondary N) is 1. The van der Waals surface area contributed by atoms with Crippen molar-refractivity contribution in [2.24, 2.45) is 5.92 Å². The van der Waals surface area contributed by atoms with Gasteiger partial charge in [0.15, 0.2) is 0 Å². The van der Waals surface area contributed by atoms with Crippen LogP contribution < -0.4 is 5.32 Å². The third-order valence-corrected chi connectivity index (χ3v) is 2.93. The highest BCUT2D eigenvalue weighted by atomic mass is 16.5. The van der Waals surface area contributed by atoms with Crippen LogP contribution in [0.4, 0.5) is 0 Å². The molecule has 0 aromatic carbocycles. The van der Waals surface area contributed by atoms with Crippen molar-refractivity contribution in [3.63, 3.8) is 0 Å². The summed E-state index contributed by atoms with van der Waals surface area (Å²) in [5.41, 5.74) is 0. The van der Waals surface area contributed by atoms with Crippen LogP contribution in [0.2, 0.25) is 0 Å². The lowest BCUT2D eigenvalue weighted by atomic mass is 9.91. The smallest absolute Gasteiger partial charge is 0.0469 e. The summed E-state index contributed by atoms with van der Waals surface area (Å²) >= 11 is 0. The molecular weight excluding hydrogens is 138 g/mol. The molecule has 2 saturated heterocycles. The van der Waals surface area contributed by atoms with Crippen LogP contribution >= 0.6 is 0 Å². The highest BCUT2D eigenvalue weighted by molar-refractivity contribution is 4.82. The first-order valence-electron chi connectivity index (χ1n) is 4.78. The quantitative estimate of drug-likeness (QED) is 0.613. The third-order valence-electron chi connectivity index (χ3n) is 2.93. The van der Waals surface area contributed by atoms with E-state index < -0.39 is 0 Å². The predicted octanol–water partition coefficient (Wildman–Crippen LogP) is 1.17. The molecule has 2 aliphatic rings. The molecule has 2 heterocycles. The number of hydrogen-bond donors (Lipinski definition) is 1. The summed E-state index contributed by atoms with van der Waals surface area (Å²) in [6.45, 7) is 3.22. The van der Waals surface area contributed by atoms with Crippen molar-refractivity contribution in [2.75, 3.05) is 19.8 Å². The van der Waals surface area contributed by atoms with Gasteiger partial charge in [0.05, 0.1) is 0 Å². The molecule has 0 radical (unpaired) electrons. The Kier molecular flexibility index (Phi) is 2.44. The van der Waals surface area contributed by atoms with Gasteiger partial charge in [0.25, 0.3) is 0 Å². The van der Waals surface area contributed by atoms with Gasteiger partial charge in [-0.25, -0.2) is 0 Å². The van der Waals surface area contributed by atoms with Crippen LogP contribution in [0, 0.1) is 5.92 Å². The molecule has 0 unspecified atom stereocenters. The molecule has 64 valence electrons. The average Bonchev–Trinajstić information content (AvgIpc) is 2.58. The summed E-state index contributed by atoms with van der Waals surface area (Å²) in [5, 5.41) is 3.57. The van der Waals surface area contributed by atoms with E-state index in [2.05, 4.69) is 5.32 Å². The molecule has 1 N–H and O–H groups in total. The van der Waals surface area contributed by atoms with Crippen molar-refractivity contribution in [3.8, 4) is 0 Å². The molecule has 0 bridgehead atoms. The largest absolute Gasteiger partial charge is 0.381 e. The SMILES string of the molecule is C1CN[C@H](C2CCOCC2)C1. The maximum absolute atomic E-state index is 5.33. The lowest BCUT2D eigenvalue weighted by molar-refractivity contribution is 0.0562. The van der Waals surface area contributed by atoms with E-state index in [9.17, 15) is 0 Å². The zero-order valence-electron chi connectivity index (χ0n) is 7.01. The Hall–Kier alpha value is -0.0800. The van der Waals surface area contributed by atoms with E-state index in [1.807, 2.05) is 0 Å². The molecule has 0 aliphatic carbocycles. The first-order chi connectivity index (χ1) is 5.47. The lowest BCUT2D eigenvalue weighted by Gasteiger charge is -2.27. The van der Waals surface area contributed by atoms with Crippen molar-refractivity contribution in [3.05, 3.63) is 0 Å². The fourth-order valence-corrected chi connectivity index (χ4v) is 2.23. The van der Waals surface area contributed by atoms with Gasteiger partial charge in [-0.05, 0) is 38.1 Å². The van der Waals surface area contributed by atoms with Crippen LogP contribution in [0.25, 0.3) is 0 Å². The number of rotatable bonds is 1. The highest BCUT2D eigenvalue weighted by Gasteiger charge is 2.25. The van der Waals surface area contributed by atoms with Gasteiger partial charge >= 0.3 is 0 Å². The molecule has 2 rings (SSSR count). The summed E-state index contributed by atoms with van der Waals surface area (Å²) in [4.78, 5) is 0. The van der Waals surface area contributed by atoms with Crippen molar-refractivity contribution < 1.29 is 4.74 Å². The molecule has 2 heteroatoms. The topological polar surface area (TPSA) is 21.3 Å². The van der Waals surface area contributed by atoms with Gasteiger partial charge in [0, 0.05) is 19.3 Å². The van der Waals surface area contributed by atoms with Gasteiger partial charge < -0.3 is 10.1 Å². The van der Waals surface area contributed by atoms with Gasteiger partial charge in [0.2, 0.25) is 0 Å².